The first-order valence-electron chi connectivity index (χ1n) is 6.90. The predicted molar refractivity (Wildman–Crippen MR) is 89.6 cm³/mol. The van der Waals surface area contributed by atoms with Gasteiger partial charge in [-0.15, -0.1) is 0 Å². The van der Waals surface area contributed by atoms with Crippen molar-refractivity contribution in [1.82, 2.24) is 19.9 Å². The van der Waals surface area contributed by atoms with Gasteiger partial charge in [0, 0.05) is 19.6 Å². The molecule has 124 valence electrons. The first-order chi connectivity index (χ1) is 10.3. The van der Waals surface area contributed by atoms with Gasteiger partial charge in [0.15, 0.2) is 5.82 Å². The largest absolute Gasteiger partial charge is 0.354 e. The quantitative estimate of drug-likeness (QED) is 0.718. The highest BCUT2D eigenvalue weighted by atomic mass is 35.6. The third-order valence-corrected chi connectivity index (χ3v) is 3.24. The van der Waals surface area contributed by atoms with E-state index in [9.17, 15) is 4.79 Å². The van der Waals surface area contributed by atoms with Gasteiger partial charge in [-0.25, -0.2) is 0 Å². The summed E-state index contributed by atoms with van der Waals surface area (Å²) < 4.78 is -1.77. The van der Waals surface area contributed by atoms with E-state index in [0.29, 0.717) is 19.6 Å². The Hall–Kier alpha value is -1.05. The first-order valence-corrected chi connectivity index (χ1v) is 8.03. The van der Waals surface area contributed by atoms with Crippen LogP contribution in [0.15, 0.2) is 0 Å². The normalized spacial score (nSPS) is 11.2. The molecule has 0 fully saturated rings. The standard InChI is InChI=1S/C12H19Cl3N6O/c1-4-16-10-18-9(12(13,14)15)19-11(20-10)17-7-8(22)21(5-2)6-3/h4-7H2,1-3H3,(H2,16,17,18,19,20). The van der Waals surface area contributed by atoms with Crippen LogP contribution in [0.25, 0.3) is 0 Å². The van der Waals surface area contributed by atoms with Gasteiger partial charge >= 0.3 is 0 Å². The topological polar surface area (TPSA) is 83.0 Å². The number of amides is 1. The maximum Gasteiger partial charge on any atom is 0.250 e. The molecule has 0 bridgehead atoms. The summed E-state index contributed by atoms with van der Waals surface area (Å²) in [5.74, 6) is 0.372. The number of halogens is 3. The van der Waals surface area contributed by atoms with Crippen LogP contribution < -0.4 is 10.6 Å². The van der Waals surface area contributed by atoms with Crippen molar-refractivity contribution in [1.29, 1.82) is 0 Å². The van der Waals surface area contributed by atoms with Crippen LogP contribution in [0.5, 0.6) is 0 Å². The van der Waals surface area contributed by atoms with Crippen molar-refractivity contribution in [3.8, 4) is 0 Å². The minimum atomic E-state index is -1.77. The Bertz CT molecular complexity index is 504. The summed E-state index contributed by atoms with van der Waals surface area (Å²) in [6.07, 6.45) is 0. The number of alkyl halides is 3. The number of carbonyl (C=O) groups excluding carboxylic acids is 1. The molecule has 7 nitrogen and oxygen atoms in total. The monoisotopic (exact) mass is 368 g/mol. The molecule has 0 aromatic carbocycles. The van der Waals surface area contributed by atoms with Gasteiger partial charge in [0.05, 0.1) is 6.54 Å². The van der Waals surface area contributed by atoms with Gasteiger partial charge in [-0.2, -0.15) is 15.0 Å². The molecular weight excluding hydrogens is 351 g/mol. The van der Waals surface area contributed by atoms with Crippen LogP contribution in [0.4, 0.5) is 11.9 Å². The lowest BCUT2D eigenvalue weighted by molar-refractivity contribution is -0.128. The average Bonchev–Trinajstić information content (AvgIpc) is 2.45. The van der Waals surface area contributed by atoms with Gasteiger partial charge in [-0.1, -0.05) is 34.8 Å². The number of hydrogen-bond donors (Lipinski definition) is 2. The van der Waals surface area contributed by atoms with Crippen LogP contribution in [-0.2, 0) is 8.59 Å². The molecule has 1 amide bonds. The second-order valence-corrected chi connectivity index (χ2v) is 6.54. The number of carbonyl (C=O) groups is 1. The van der Waals surface area contributed by atoms with E-state index < -0.39 is 3.79 Å². The molecule has 0 atom stereocenters. The second-order valence-electron chi connectivity index (χ2n) is 4.25. The van der Waals surface area contributed by atoms with Crippen molar-refractivity contribution in [2.24, 2.45) is 0 Å². The highest BCUT2D eigenvalue weighted by Gasteiger charge is 2.28. The van der Waals surface area contributed by atoms with E-state index in [2.05, 4.69) is 25.6 Å². The molecule has 1 aromatic heterocycles. The van der Waals surface area contributed by atoms with Gasteiger partial charge in [0.2, 0.25) is 21.6 Å². The Morgan fingerprint density at radius 3 is 2.05 bits per heavy atom. The molecule has 1 heterocycles. The molecule has 22 heavy (non-hydrogen) atoms. The minimum Gasteiger partial charge on any atom is -0.354 e. The summed E-state index contributed by atoms with van der Waals surface area (Å²) in [7, 11) is 0. The Labute approximate surface area is 144 Å². The van der Waals surface area contributed by atoms with Crippen molar-refractivity contribution in [2.45, 2.75) is 24.6 Å². The van der Waals surface area contributed by atoms with E-state index in [1.165, 1.54) is 0 Å². The van der Waals surface area contributed by atoms with Crippen molar-refractivity contribution in [2.75, 3.05) is 36.8 Å². The molecule has 10 heteroatoms. The van der Waals surface area contributed by atoms with Crippen molar-refractivity contribution in [3.63, 3.8) is 0 Å². The lowest BCUT2D eigenvalue weighted by atomic mass is 10.4. The van der Waals surface area contributed by atoms with Crippen LogP contribution in [0.3, 0.4) is 0 Å². The summed E-state index contributed by atoms with van der Waals surface area (Å²) in [5.41, 5.74) is 0. The Morgan fingerprint density at radius 1 is 1.05 bits per heavy atom. The summed E-state index contributed by atoms with van der Waals surface area (Å²) in [4.78, 5) is 25.8. The predicted octanol–water partition coefficient (Wildman–Crippen LogP) is 2.41. The molecule has 1 aromatic rings. The molecule has 2 N–H and O–H groups in total. The van der Waals surface area contributed by atoms with E-state index in [0.717, 1.165) is 0 Å². The number of nitrogens with zero attached hydrogens (tertiary/aromatic N) is 4. The van der Waals surface area contributed by atoms with Crippen molar-refractivity contribution < 1.29 is 4.79 Å². The number of anilines is 2. The lowest BCUT2D eigenvalue weighted by Gasteiger charge is -2.19. The number of aromatic nitrogens is 3. The summed E-state index contributed by atoms with van der Waals surface area (Å²) in [5, 5.41) is 5.76. The van der Waals surface area contributed by atoms with Gasteiger partial charge in [0.25, 0.3) is 0 Å². The van der Waals surface area contributed by atoms with Gasteiger partial charge in [0.1, 0.15) is 0 Å². The lowest BCUT2D eigenvalue weighted by Crippen LogP contribution is -2.35. The zero-order chi connectivity index (χ0) is 16.8. The molecule has 1 rings (SSSR count). The zero-order valence-electron chi connectivity index (χ0n) is 12.7. The van der Waals surface area contributed by atoms with Gasteiger partial charge in [-0.05, 0) is 20.8 Å². The fourth-order valence-electron chi connectivity index (χ4n) is 1.66. The SMILES string of the molecule is CCNc1nc(NCC(=O)N(CC)CC)nc(C(Cl)(Cl)Cl)n1. The number of rotatable bonds is 7. The molecule has 0 radical (unpaired) electrons. The Morgan fingerprint density at radius 2 is 1.59 bits per heavy atom. The van der Waals surface area contributed by atoms with Crippen LogP contribution in [0.1, 0.15) is 26.6 Å². The van der Waals surface area contributed by atoms with Crippen LogP contribution in [0, 0.1) is 0 Å². The minimum absolute atomic E-state index is 0.0127. The molecule has 0 aliphatic heterocycles. The zero-order valence-corrected chi connectivity index (χ0v) is 14.9. The van der Waals surface area contributed by atoms with Crippen molar-refractivity contribution in [3.05, 3.63) is 5.82 Å². The van der Waals surface area contributed by atoms with E-state index in [1.807, 2.05) is 20.8 Å². The molecule has 0 aliphatic carbocycles. The van der Waals surface area contributed by atoms with E-state index in [4.69, 9.17) is 34.8 Å². The maximum absolute atomic E-state index is 12.0. The highest BCUT2D eigenvalue weighted by molar-refractivity contribution is 6.66. The molecule has 0 unspecified atom stereocenters. The summed E-state index contributed by atoms with van der Waals surface area (Å²) in [6.45, 7) is 7.63. The van der Waals surface area contributed by atoms with E-state index >= 15 is 0 Å². The van der Waals surface area contributed by atoms with Crippen molar-refractivity contribution >= 4 is 52.6 Å². The molecule has 0 saturated heterocycles. The van der Waals surface area contributed by atoms with Gasteiger partial charge < -0.3 is 15.5 Å². The van der Waals surface area contributed by atoms with Gasteiger partial charge in [-0.3, -0.25) is 4.79 Å². The van der Waals surface area contributed by atoms with Crippen LogP contribution >= 0.6 is 34.8 Å². The highest BCUT2D eigenvalue weighted by Crippen LogP contribution is 2.36. The Balaban J connectivity index is 2.89. The molecule has 0 aliphatic rings. The summed E-state index contributed by atoms with van der Waals surface area (Å²) in [6, 6.07) is 0. The fraction of sp³-hybridized carbons (Fsp3) is 0.667. The number of hydrogen-bond acceptors (Lipinski definition) is 6. The third-order valence-electron chi connectivity index (χ3n) is 2.74. The molecular formula is C12H19Cl3N6O. The maximum atomic E-state index is 12.0. The molecule has 0 saturated carbocycles. The van der Waals surface area contributed by atoms with Crippen LogP contribution in [0.2, 0.25) is 0 Å². The van der Waals surface area contributed by atoms with E-state index in [-0.39, 0.29) is 30.2 Å². The summed E-state index contributed by atoms with van der Waals surface area (Å²) >= 11 is 17.4. The number of likely N-dealkylation sites (N-methyl/N-ethyl adjacent to an activating group) is 1. The third kappa shape index (κ3) is 5.62. The second kappa shape index (κ2) is 8.55. The molecule has 0 spiro atoms. The average molecular weight is 370 g/mol. The van der Waals surface area contributed by atoms with Crippen LogP contribution in [-0.4, -0.2) is 51.9 Å². The number of nitrogens with one attached hydrogen (secondary N) is 2. The first kappa shape index (κ1) is 19.0. The Kier molecular flexibility index (Phi) is 7.38. The fourth-order valence-corrected chi connectivity index (χ4v) is 1.92. The van der Waals surface area contributed by atoms with E-state index in [1.54, 1.807) is 4.90 Å². The smallest absolute Gasteiger partial charge is 0.250 e.